The monoisotopic (exact) mass is 403 g/mol. The van der Waals surface area contributed by atoms with Gasteiger partial charge in [-0.1, -0.05) is 32.9 Å². The molecule has 1 heterocycles. The van der Waals surface area contributed by atoms with Crippen molar-refractivity contribution >= 4 is 28.2 Å². The van der Waals surface area contributed by atoms with Crippen molar-refractivity contribution in [1.82, 2.24) is 0 Å². The van der Waals surface area contributed by atoms with E-state index in [1.54, 1.807) is 13.0 Å². The average molecular weight is 404 g/mol. The van der Waals surface area contributed by atoms with Crippen molar-refractivity contribution in [1.29, 1.82) is 0 Å². The van der Waals surface area contributed by atoms with E-state index in [0.717, 1.165) is 17.0 Å². The normalized spacial score (nSPS) is 10.8. The highest BCUT2D eigenvalue weighted by Crippen LogP contribution is 2.29. The lowest BCUT2D eigenvalue weighted by molar-refractivity contribution is -0.116. The van der Waals surface area contributed by atoms with E-state index in [-0.39, 0.29) is 5.91 Å². The zero-order valence-electron chi connectivity index (χ0n) is 17.0. The summed E-state index contributed by atoms with van der Waals surface area (Å²) in [6.07, 6.45) is 1.72. The summed E-state index contributed by atoms with van der Waals surface area (Å²) in [5.74, 6) is 0.763. The maximum absolute atomic E-state index is 12.3. The SMILES string of the molecule is CCOC(=O)c1cc(CC)sc1NC(=O)CCCOc1ccc(C(C)C)cc1. The van der Waals surface area contributed by atoms with Crippen LogP contribution in [-0.4, -0.2) is 25.1 Å². The Kier molecular flexibility index (Phi) is 8.51. The number of hydrogen-bond donors (Lipinski definition) is 1. The molecule has 0 unspecified atom stereocenters. The van der Waals surface area contributed by atoms with Crippen LogP contribution in [0.5, 0.6) is 5.75 Å². The summed E-state index contributed by atoms with van der Waals surface area (Å²) >= 11 is 1.42. The summed E-state index contributed by atoms with van der Waals surface area (Å²) in [5, 5.41) is 3.41. The maximum atomic E-state index is 12.3. The average Bonchev–Trinajstić information content (AvgIpc) is 3.08. The predicted molar refractivity (Wildman–Crippen MR) is 114 cm³/mol. The summed E-state index contributed by atoms with van der Waals surface area (Å²) in [4.78, 5) is 25.4. The third-order valence-electron chi connectivity index (χ3n) is 4.24. The molecule has 1 aromatic heterocycles. The number of esters is 1. The van der Waals surface area contributed by atoms with Crippen LogP contribution in [0.25, 0.3) is 0 Å². The molecule has 1 amide bonds. The van der Waals surface area contributed by atoms with Crippen LogP contribution in [0.15, 0.2) is 30.3 Å². The zero-order valence-corrected chi connectivity index (χ0v) is 17.9. The standard InChI is InChI=1S/C22H29NO4S/c1-5-18-14-19(22(25)26-6-2)21(28-18)23-20(24)8-7-13-27-17-11-9-16(10-12-17)15(3)4/h9-12,14-15H,5-8,13H2,1-4H3,(H,23,24). The van der Waals surface area contributed by atoms with E-state index in [4.69, 9.17) is 9.47 Å². The highest BCUT2D eigenvalue weighted by atomic mass is 32.1. The first-order valence-electron chi connectivity index (χ1n) is 9.77. The molecule has 0 radical (unpaired) electrons. The Labute approximate surface area is 171 Å². The second-order valence-electron chi connectivity index (χ2n) is 6.75. The largest absolute Gasteiger partial charge is 0.494 e. The second kappa shape index (κ2) is 10.9. The van der Waals surface area contributed by atoms with Gasteiger partial charge in [0, 0.05) is 11.3 Å². The van der Waals surface area contributed by atoms with E-state index >= 15 is 0 Å². The van der Waals surface area contributed by atoms with E-state index in [9.17, 15) is 9.59 Å². The minimum atomic E-state index is -0.401. The number of ether oxygens (including phenoxy) is 2. The number of anilines is 1. The molecular formula is C22H29NO4S. The molecule has 2 rings (SSSR count). The second-order valence-corrected chi connectivity index (χ2v) is 7.89. The van der Waals surface area contributed by atoms with E-state index in [0.29, 0.717) is 42.5 Å². The Morgan fingerprint density at radius 3 is 2.46 bits per heavy atom. The van der Waals surface area contributed by atoms with Crippen LogP contribution in [0.1, 0.15) is 67.3 Å². The molecule has 0 saturated carbocycles. The number of amides is 1. The molecule has 1 N–H and O–H groups in total. The fourth-order valence-electron chi connectivity index (χ4n) is 2.63. The lowest BCUT2D eigenvalue weighted by Gasteiger charge is -2.09. The zero-order chi connectivity index (χ0) is 20.5. The van der Waals surface area contributed by atoms with Gasteiger partial charge in [0.2, 0.25) is 5.91 Å². The van der Waals surface area contributed by atoms with E-state index in [2.05, 4.69) is 31.3 Å². The van der Waals surface area contributed by atoms with Crippen LogP contribution in [0, 0.1) is 0 Å². The first-order valence-corrected chi connectivity index (χ1v) is 10.6. The molecule has 0 saturated heterocycles. The maximum Gasteiger partial charge on any atom is 0.341 e. The molecule has 0 bridgehead atoms. The highest BCUT2D eigenvalue weighted by Gasteiger charge is 2.18. The Hall–Kier alpha value is -2.34. The van der Waals surface area contributed by atoms with Crippen LogP contribution in [0.4, 0.5) is 5.00 Å². The summed E-state index contributed by atoms with van der Waals surface area (Å²) in [6.45, 7) is 8.84. The molecule has 152 valence electrons. The number of nitrogens with one attached hydrogen (secondary N) is 1. The molecule has 6 heteroatoms. The first kappa shape index (κ1) is 22.0. The third-order valence-corrected chi connectivity index (χ3v) is 5.44. The lowest BCUT2D eigenvalue weighted by atomic mass is 10.0. The molecule has 2 aromatic rings. The van der Waals surface area contributed by atoms with E-state index in [1.165, 1.54) is 16.9 Å². The van der Waals surface area contributed by atoms with Crippen LogP contribution < -0.4 is 10.1 Å². The molecule has 0 fully saturated rings. The number of benzene rings is 1. The highest BCUT2D eigenvalue weighted by molar-refractivity contribution is 7.16. The fraction of sp³-hybridized carbons (Fsp3) is 0.455. The van der Waals surface area contributed by atoms with Crippen LogP contribution in [-0.2, 0) is 16.0 Å². The van der Waals surface area contributed by atoms with Gasteiger partial charge in [-0.3, -0.25) is 4.79 Å². The van der Waals surface area contributed by atoms with Gasteiger partial charge in [0.05, 0.1) is 18.8 Å². The van der Waals surface area contributed by atoms with Gasteiger partial charge in [-0.2, -0.15) is 0 Å². The molecule has 0 aliphatic rings. The van der Waals surface area contributed by atoms with Crippen molar-refractivity contribution in [3.05, 3.63) is 46.3 Å². The molecule has 0 atom stereocenters. The van der Waals surface area contributed by atoms with Crippen LogP contribution in [0.2, 0.25) is 0 Å². The van der Waals surface area contributed by atoms with Crippen LogP contribution >= 0.6 is 11.3 Å². The van der Waals surface area contributed by atoms with Crippen LogP contribution in [0.3, 0.4) is 0 Å². The van der Waals surface area contributed by atoms with Gasteiger partial charge < -0.3 is 14.8 Å². The number of aryl methyl sites for hydroxylation is 1. The number of thiophene rings is 1. The van der Waals surface area contributed by atoms with Crippen molar-refractivity contribution in [3.8, 4) is 5.75 Å². The number of hydrogen-bond acceptors (Lipinski definition) is 5. The van der Waals surface area contributed by atoms with Gasteiger partial charge in [0.25, 0.3) is 0 Å². The van der Waals surface area contributed by atoms with Crippen molar-refractivity contribution in [3.63, 3.8) is 0 Å². The predicted octanol–water partition coefficient (Wildman–Crippen LogP) is 5.41. The smallest absolute Gasteiger partial charge is 0.341 e. The fourth-order valence-corrected chi connectivity index (χ4v) is 3.63. The van der Waals surface area contributed by atoms with Gasteiger partial charge in [0.1, 0.15) is 10.8 Å². The number of carbonyl (C=O) groups is 2. The Bertz CT molecular complexity index is 780. The summed E-state index contributed by atoms with van der Waals surface area (Å²) < 4.78 is 10.8. The van der Waals surface area contributed by atoms with Gasteiger partial charge in [-0.15, -0.1) is 11.3 Å². The molecule has 0 aliphatic heterocycles. The molecule has 0 aliphatic carbocycles. The van der Waals surface area contributed by atoms with Gasteiger partial charge >= 0.3 is 5.97 Å². The van der Waals surface area contributed by atoms with Crippen molar-refractivity contribution in [2.75, 3.05) is 18.5 Å². The minimum Gasteiger partial charge on any atom is -0.494 e. The summed E-state index contributed by atoms with van der Waals surface area (Å²) in [7, 11) is 0. The Morgan fingerprint density at radius 2 is 1.86 bits per heavy atom. The van der Waals surface area contributed by atoms with Gasteiger partial charge in [-0.25, -0.2) is 4.79 Å². The van der Waals surface area contributed by atoms with E-state index < -0.39 is 5.97 Å². The molecule has 1 aromatic carbocycles. The number of rotatable bonds is 10. The molecule has 28 heavy (non-hydrogen) atoms. The summed E-state index contributed by atoms with van der Waals surface area (Å²) in [5.41, 5.74) is 1.70. The van der Waals surface area contributed by atoms with Crippen molar-refractivity contribution in [2.24, 2.45) is 0 Å². The van der Waals surface area contributed by atoms with E-state index in [1.807, 2.05) is 19.1 Å². The van der Waals surface area contributed by atoms with Gasteiger partial charge in [0.15, 0.2) is 0 Å². The Balaban J connectivity index is 1.82. The third kappa shape index (κ3) is 6.37. The topological polar surface area (TPSA) is 64.6 Å². The lowest BCUT2D eigenvalue weighted by Crippen LogP contribution is -2.14. The van der Waals surface area contributed by atoms with Gasteiger partial charge in [-0.05, 0) is 49.4 Å². The molecular weight excluding hydrogens is 374 g/mol. The molecule has 0 spiro atoms. The number of carbonyl (C=O) groups excluding carboxylic acids is 2. The first-order chi connectivity index (χ1) is 13.4. The quantitative estimate of drug-likeness (QED) is 0.426. The van der Waals surface area contributed by atoms with Crippen molar-refractivity contribution < 1.29 is 19.1 Å². The molecule has 5 nitrogen and oxygen atoms in total. The Morgan fingerprint density at radius 1 is 1.14 bits per heavy atom. The summed E-state index contributed by atoms with van der Waals surface area (Å²) in [6, 6.07) is 9.83. The minimum absolute atomic E-state index is 0.131. The van der Waals surface area contributed by atoms with Crippen molar-refractivity contribution in [2.45, 2.75) is 52.9 Å².